The minimum atomic E-state index is -1.24. The molecule has 5 N–H and O–H groups in total. The maximum Gasteiger partial charge on any atom is 0.195 e. The lowest BCUT2D eigenvalue weighted by Gasteiger charge is -2.25. The van der Waals surface area contributed by atoms with Gasteiger partial charge in [-0.3, -0.25) is 5.43 Å². The van der Waals surface area contributed by atoms with Gasteiger partial charge in [0, 0.05) is 18.1 Å². The zero-order valence-electron chi connectivity index (χ0n) is 13.0. The van der Waals surface area contributed by atoms with Gasteiger partial charge in [-0.2, -0.15) is 15.6 Å². The monoisotopic (exact) mass is 410 g/mol. The third kappa shape index (κ3) is 3.37. The molecular weight excluding hydrogens is 396 g/mol. The predicted octanol–water partition coefficient (Wildman–Crippen LogP) is 0.637. The summed E-state index contributed by atoms with van der Waals surface area (Å²) in [6, 6.07) is 7.66. The van der Waals surface area contributed by atoms with Crippen molar-refractivity contribution in [1.29, 1.82) is 0 Å². The minimum absolute atomic E-state index is 0.102. The molecule has 1 aliphatic rings. The molecule has 2 atom stereocenters. The Morgan fingerprint density at radius 3 is 2.60 bits per heavy atom. The van der Waals surface area contributed by atoms with E-state index in [4.69, 9.17) is 9.94 Å². The van der Waals surface area contributed by atoms with Crippen LogP contribution < -0.4 is 20.6 Å². The second-order valence-corrected chi connectivity index (χ2v) is 6.19. The van der Waals surface area contributed by atoms with Crippen LogP contribution in [0.3, 0.4) is 0 Å². The van der Waals surface area contributed by atoms with E-state index in [-0.39, 0.29) is 17.1 Å². The summed E-state index contributed by atoms with van der Waals surface area (Å²) in [4.78, 5) is 0. The zero-order chi connectivity index (χ0) is 18.1. The first-order valence-electron chi connectivity index (χ1n) is 7.21. The number of ether oxygens (including phenoxy) is 1. The van der Waals surface area contributed by atoms with Crippen molar-refractivity contribution in [3.8, 4) is 5.75 Å². The van der Waals surface area contributed by atoms with E-state index in [1.165, 1.54) is 12.1 Å². The number of hydrogen-bond acceptors (Lipinski definition) is 7. The lowest BCUT2D eigenvalue weighted by atomic mass is 9.85. The highest BCUT2D eigenvalue weighted by Crippen LogP contribution is 2.38. The summed E-state index contributed by atoms with van der Waals surface area (Å²) in [7, 11) is 1.57. The molecule has 132 valence electrons. The van der Waals surface area contributed by atoms with Crippen LogP contribution in [0.15, 0.2) is 39.9 Å². The van der Waals surface area contributed by atoms with Gasteiger partial charge in [-0.25, -0.2) is 10.4 Å². The van der Waals surface area contributed by atoms with Crippen LogP contribution in [0, 0.1) is 10.4 Å². The van der Waals surface area contributed by atoms with E-state index in [0.717, 1.165) is 27.4 Å². The second-order valence-electron chi connectivity index (χ2n) is 5.33. The summed E-state index contributed by atoms with van der Waals surface area (Å²) in [5.74, 6) is 0.670. The fraction of sp³-hybridized carbons (Fsp3) is 0.133. The first-order valence-corrected chi connectivity index (χ1v) is 8.00. The third-order valence-corrected chi connectivity index (χ3v) is 4.48. The molecule has 10 heteroatoms. The molecule has 2 aromatic carbocycles. The molecule has 9 nitrogen and oxygen atoms in total. The molecule has 0 spiro atoms. The van der Waals surface area contributed by atoms with Gasteiger partial charge in [-0.05, 0) is 33.6 Å². The van der Waals surface area contributed by atoms with Crippen molar-refractivity contribution in [2.24, 2.45) is 5.10 Å². The first-order chi connectivity index (χ1) is 11.9. The second kappa shape index (κ2) is 7.06. The average Bonchev–Trinajstić information content (AvgIpc) is 2.56. The number of quaternary nitrogens is 2. The van der Waals surface area contributed by atoms with Gasteiger partial charge in [0.25, 0.3) is 0 Å². The highest BCUT2D eigenvalue weighted by Gasteiger charge is 2.27. The Balaban J connectivity index is 1.90. The summed E-state index contributed by atoms with van der Waals surface area (Å²) >= 11 is 3.42. The van der Waals surface area contributed by atoms with Crippen LogP contribution in [0.25, 0.3) is 0 Å². The Bertz CT molecular complexity index is 841. The van der Waals surface area contributed by atoms with Gasteiger partial charge in [0.1, 0.15) is 11.4 Å². The van der Waals surface area contributed by atoms with Gasteiger partial charge in [0.05, 0.1) is 23.4 Å². The molecule has 0 heterocycles. The van der Waals surface area contributed by atoms with Crippen LogP contribution >= 0.6 is 15.9 Å². The summed E-state index contributed by atoms with van der Waals surface area (Å²) in [6.07, 6.45) is 0.627. The number of nitrogens with one attached hydrogen (secondary N) is 3. The topological polar surface area (TPSA) is 129 Å². The van der Waals surface area contributed by atoms with Crippen LogP contribution in [0.2, 0.25) is 0 Å². The quantitative estimate of drug-likeness (QED) is 0.460. The molecular formula is C15H15BrN4O5. The van der Waals surface area contributed by atoms with Crippen molar-refractivity contribution in [2.75, 3.05) is 12.5 Å². The largest absolute Gasteiger partial charge is 0.595 e. The molecule has 2 aromatic rings. The normalized spacial score (nSPS) is 16.8. The first kappa shape index (κ1) is 17.8. The molecule has 1 aliphatic carbocycles. The Hall–Kier alpha value is -2.05. The average molecular weight is 411 g/mol. The SMILES string of the molecule is COc1c(Br)ccc2c1C(=NNc1ccc([NH+]([O-])O)cc1[NH+]([O-])O)C2. The van der Waals surface area contributed by atoms with Gasteiger partial charge in [-0.15, -0.1) is 0 Å². The summed E-state index contributed by atoms with van der Waals surface area (Å²) < 4.78 is 6.18. The molecule has 0 fully saturated rings. The molecule has 0 amide bonds. The van der Waals surface area contributed by atoms with Crippen molar-refractivity contribution in [1.82, 2.24) is 0 Å². The van der Waals surface area contributed by atoms with Crippen molar-refractivity contribution in [2.45, 2.75) is 6.42 Å². The van der Waals surface area contributed by atoms with Crippen molar-refractivity contribution < 1.29 is 25.6 Å². The summed E-state index contributed by atoms with van der Waals surface area (Å²) in [6.45, 7) is 0. The Morgan fingerprint density at radius 2 is 1.96 bits per heavy atom. The van der Waals surface area contributed by atoms with Crippen molar-refractivity contribution in [3.05, 3.63) is 56.3 Å². The maximum atomic E-state index is 11.4. The number of anilines is 1. The molecule has 0 saturated heterocycles. The van der Waals surface area contributed by atoms with Crippen LogP contribution in [0.5, 0.6) is 5.75 Å². The van der Waals surface area contributed by atoms with Gasteiger partial charge in [-0.1, -0.05) is 6.07 Å². The Kier molecular flexibility index (Phi) is 5.01. The van der Waals surface area contributed by atoms with E-state index in [9.17, 15) is 15.6 Å². The van der Waals surface area contributed by atoms with Gasteiger partial charge in [0.2, 0.25) is 0 Å². The number of benzene rings is 2. The lowest BCUT2D eigenvalue weighted by Crippen LogP contribution is -3.00. The number of methoxy groups -OCH3 is 1. The number of halogens is 1. The van der Waals surface area contributed by atoms with Crippen LogP contribution in [0.4, 0.5) is 17.1 Å². The van der Waals surface area contributed by atoms with E-state index < -0.39 is 10.5 Å². The lowest BCUT2D eigenvalue weighted by molar-refractivity contribution is -0.996. The van der Waals surface area contributed by atoms with E-state index in [1.54, 1.807) is 7.11 Å². The minimum Gasteiger partial charge on any atom is -0.595 e. The molecule has 0 radical (unpaired) electrons. The standard InChI is InChI=1S/C15H15BrN4O5/c1-25-15-10(16)4-2-8-6-12(14(8)15)18-17-11-5-3-9(19(21)22)7-13(11)20(23)24/h2-5,7,17,19-21,23H,6H2,1H3. The third-order valence-electron chi connectivity index (χ3n) is 3.85. The smallest absolute Gasteiger partial charge is 0.195 e. The van der Waals surface area contributed by atoms with Gasteiger partial charge < -0.3 is 15.2 Å². The zero-order valence-corrected chi connectivity index (χ0v) is 14.6. The molecule has 0 aromatic heterocycles. The Morgan fingerprint density at radius 1 is 1.20 bits per heavy atom. The van der Waals surface area contributed by atoms with E-state index >= 15 is 0 Å². The van der Waals surface area contributed by atoms with Crippen LogP contribution in [-0.4, -0.2) is 23.2 Å². The molecule has 25 heavy (non-hydrogen) atoms. The maximum absolute atomic E-state index is 11.4. The van der Waals surface area contributed by atoms with Crippen LogP contribution in [-0.2, 0) is 6.42 Å². The molecule has 0 bridgehead atoms. The number of fused-ring (bicyclic) bond motifs is 1. The van der Waals surface area contributed by atoms with Crippen LogP contribution in [0.1, 0.15) is 11.1 Å². The van der Waals surface area contributed by atoms with E-state index in [0.29, 0.717) is 12.2 Å². The van der Waals surface area contributed by atoms with Gasteiger partial charge in [0.15, 0.2) is 11.4 Å². The summed E-state index contributed by atoms with van der Waals surface area (Å²) in [5.41, 5.74) is 5.35. The highest BCUT2D eigenvalue weighted by molar-refractivity contribution is 9.10. The van der Waals surface area contributed by atoms with Crippen molar-refractivity contribution >= 4 is 38.7 Å². The van der Waals surface area contributed by atoms with E-state index in [2.05, 4.69) is 26.5 Å². The number of hydrogen-bond donors (Lipinski definition) is 5. The number of nitrogens with zero attached hydrogens (tertiary/aromatic N) is 1. The molecule has 3 rings (SSSR count). The fourth-order valence-corrected chi connectivity index (χ4v) is 3.09. The predicted molar refractivity (Wildman–Crippen MR) is 92.6 cm³/mol. The number of rotatable bonds is 5. The van der Waals surface area contributed by atoms with Gasteiger partial charge >= 0.3 is 0 Å². The van der Waals surface area contributed by atoms with Crippen molar-refractivity contribution in [3.63, 3.8) is 0 Å². The molecule has 0 aliphatic heterocycles. The fourth-order valence-electron chi connectivity index (χ4n) is 2.60. The Labute approximate surface area is 150 Å². The van der Waals surface area contributed by atoms with E-state index in [1.807, 2.05) is 12.1 Å². The molecule has 0 saturated carbocycles. The number of hydrazone groups is 1. The summed E-state index contributed by atoms with van der Waals surface area (Å²) in [5, 5.41) is 42.4. The molecule has 2 unspecified atom stereocenters. The highest BCUT2D eigenvalue weighted by atomic mass is 79.9.